The number of aromatic nitrogens is 4. The maximum atomic E-state index is 14.3. The molecule has 1 unspecified atom stereocenters. The summed E-state index contributed by atoms with van der Waals surface area (Å²) in [6.07, 6.45) is -0.396. The summed E-state index contributed by atoms with van der Waals surface area (Å²) in [6, 6.07) is 12.8. The van der Waals surface area contributed by atoms with Crippen LogP contribution in [0.5, 0.6) is 5.75 Å². The SMILES string of the molecule is COCC[SH](O)(Cc1cc(Nc2ncc(F)c(-c3ccc(F)cc3F)n2)cc(C(F)(F)F)c1)=NC#N.COc1cc(CS(C)(=N)=O)cc(Nc2ncc(F)c(-c3ccc(F)cc3F)n2)c1. The van der Waals surface area contributed by atoms with Crippen LogP contribution in [0.25, 0.3) is 22.5 Å². The van der Waals surface area contributed by atoms with Crippen molar-refractivity contribution >= 4 is 43.1 Å². The maximum Gasteiger partial charge on any atom is 0.416 e. The van der Waals surface area contributed by atoms with Crippen LogP contribution < -0.4 is 15.4 Å². The van der Waals surface area contributed by atoms with Gasteiger partial charge in [0, 0.05) is 75.3 Å². The molecule has 24 heteroatoms. The van der Waals surface area contributed by atoms with Crippen molar-refractivity contribution in [1.82, 2.24) is 19.9 Å². The van der Waals surface area contributed by atoms with Crippen molar-refractivity contribution in [2.24, 2.45) is 4.36 Å². The van der Waals surface area contributed by atoms with Gasteiger partial charge in [-0.2, -0.15) is 18.4 Å². The minimum absolute atomic E-state index is 0.00479. The van der Waals surface area contributed by atoms with Gasteiger partial charge in [-0.05, 0) is 65.7 Å². The molecule has 6 rings (SSSR count). The number of anilines is 4. The maximum absolute atomic E-state index is 14.3. The monoisotopic (exact) mass is 953 g/mol. The van der Waals surface area contributed by atoms with E-state index < -0.39 is 72.2 Å². The molecule has 0 bridgehead atoms. The van der Waals surface area contributed by atoms with Crippen LogP contribution in [0.4, 0.5) is 62.8 Å². The molecule has 6 aromatic rings. The van der Waals surface area contributed by atoms with Crippen LogP contribution in [0, 0.1) is 51.1 Å². The van der Waals surface area contributed by atoms with Gasteiger partial charge in [0.25, 0.3) is 0 Å². The van der Waals surface area contributed by atoms with Crippen LogP contribution in [0.2, 0.25) is 0 Å². The van der Waals surface area contributed by atoms with Crippen LogP contribution in [-0.4, -0.2) is 61.5 Å². The smallest absolute Gasteiger partial charge is 0.416 e. The van der Waals surface area contributed by atoms with E-state index in [-0.39, 0.29) is 63.8 Å². The second-order valence-corrected chi connectivity index (χ2v) is 18.9. The number of rotatable bonds is 14. The molecular weight excluding hydrogens is 918 g/mol. The minimum Gasteiger partial charge on any atom is -0.497 e. The first-order chi connectivity index (χ1) is 30.6. The average molecular weight is 954 g/mol. The molecule has 0 saturated heterocycles. The number of benzene rings is 4. The Bertz CT molecular complexity index is 2920. The fourth-order valence-corrected chi connectivity index (χ4v) is 8.44. The summed E-state index contributed by atoms with van der Waals surface area (Å²) < 4.78 is 167. The number of halogens is 9. The van der Waals surface area contributed by atoms with Crippen LogP contribution in [0.1, 0.15) is 16.7 Å². The first-order valence-corrected chi connectivity index (χ1v) is 22.6. The molecular formula is C41H36F9N9O4S2. The Morgan fingerprint density at radius 1 is 0.785 bits per heavy atom. The molecule has 65 heavy (non-hydrogen) atoms. The number of nitrogens with one attached hydrogen (secondary N) is 3. The Labute approximate surface area is 366 Å². The lowest BCUT2D eigenvalue weighted by molar-refractivity contribution is -0.137. The van der Waals surface area contributed by atoms with Crippen molar-refractivity contribution in [3.05, 3.63) is 137 Å². The number of nitrogens with zero attached hydrogens (tertiary/aromatic N) is 6. The summed E-state index contributed by atoms with van der Waals surface area (Å²) in [5, 5.41) is 14.3. The molecule has 1 atom stereocenters. The molecule has 0 aliphatic heterocycles. The Morgan fingerprint density at radius 3 is 1.77 bits per heavy atom. The largest absolute Gasteiger partial charge is 0.497 e. The topological polar surface area (TPSA) is 191 Å². The van der Waals surface area contributed by atoms with Crippen molar-refractivity contribution in [2.75, 3.05) is 43.5 Å². The highest BCUT2D eigenvalue weighted by Gasteiger charge is 2.32. The van der Waals surface area contributed by atoms with Crippen LogP contribution in [0.3, 0.4) is 0 Å². The van der Waals surface area contributed by atoms with Gasteiger partial charge >= 0.3 is 6.18 Å². The van der Waals surface area contributed by atoms with Gasteiger partial charge in [-0.15, -0.1) is 4.36 Å². The highest BCUT2D eigenvalue weighted by atomic mass is 32.3. The summed E-state index contributed by atoms with van der Waals surface area (Å²) in [5.41, 5.74) is -1.67. The summed E-state index contributed by atoms with van der Waals surface area (Å²) in [7, 11) is -3.33. The van der Waals surface area contributed by atoms with Crippen molar-refractivity contribution in [1.29, 1.82) is 10.0 Å². The molecule has 4 N–H and O–H groups in total. The Morgan fingerprint density at radius 2 is 1.31 bits per heavy atom. The zero-order valence-corrected chi connectivity index (χ0v) is 35.7. The zero-order valence-electron chi connectivity index (χ0n) is 34.0. The standard InChI is InChI=1S/C22H19F6N5O2S.C19H17F3N4O2S/c1-35-4-5-36(34,31-12-29)11-13-6-14(22(26,27)28)8-16(7-13)32-21-30-10-19(25)20(33-21)17-3-2-15(23)9-18(17)24;1-28-14-6-11(10-29(2,23)27)5-13(8-14)25-19-24-9-17(22)18(26-19)15-4-3-12(20)7-16(15)21/h2-3,6-10,36H,4-5,11H2,1H3,(H,31,34)(H,30,32,33);3-9,23H,10H2,1-2H3,(H,24,25,26). The van der Waals surface area contributed by atoms with Crippen LogP contribution in [-0.2, 0) is 42.3 Å². The highest BCUT2D eigenvalue weighted by molar-refractivity contribution is 7.99. The molecule has 344 valence electrons. The second kappa shape index (κ2) is 20.9. The lowest BCUT2D eigenvalue weighted by atomic mass is 10.1. The van der Waals surface area contributed by atoms with Crippen LogP contribution in [0.15, 0.2) is 89.6 Å². The van der Waals surface area contributed by atoms with Gasteiger partial charge in [0.1, 0.15) is 40.4 Å². The van der Waals surface area contributed by atoms with Gasteiger partial charge in [0.05, 0.1) is 37.4 Å². The molecule has 13 nitrogen and oxygen atoms in total. The third kappa shape index (κ3) is 13.9. The van der Waals surface area contributed by atoms with Gasteiger partial charge in [0.15, 0.2) is 11.6 Å². The van der Waals surface area contributed by atoms with E-state index in [0.717, 1.165) is 42.6 Å². The molecule has 0 amide bonds. The quantitative estimate of drug-likeness (QED) is 0.0397. The third-order valence-electron chi connectivity index (χ3n) is 8.66. The Balaban J connectivity index is 0.000000250. The fraction of sp³-hybridized carbons (Fsp3) is 0.195. The molecule has 0 spiro atoms. The van der Waals surface area contributed by atoms with E-state index in [1.54, 1.807) is 18.2 Å². The predicted molar refractivity (Wildman–Crippen MR) is 226 cm³/mol. The summed E-state index contributed by atoms with van der Waals surface area (Å²) in [4.78, 5) is 15.3. The van der Waals surface area contributed by atoms with E-state index >= 15 is 0 Å². The number of methoxy groups -OCH3 is 2. The van der Waals surface area contributed by atoms with Crippen molar-refractivity contribution in [3.8, 4) is 34.5 Å². The van der Waals surface area contributed by atoms with Gasteiger partial charge in [-0.25, -0.2) is 50.5 Å². The number of alkyl halides is 3. The average Bonchev–Trinajstić information content (AvgIpc) is 3.21. The van der Waals surface area contributed by atoms with E-state index in [1.807, 2.05) is 0 Å². The van der Waals surface area contributed by atoms with E-state index in [9.17, 15) is 48.3 Å². The van der Waals surface area contributed by atoms with E-state index in [2.05, 4.69) is 34.9 Å². The van der Waals surface area contributed by atoms with E-state index in [4.69, 9.17) is 19.5 Å². The Hall–Kier alpha value is -6.68. The van der Waals surface area contributed by atoms with E-state index in [1.165, 1.54) is 32.7 Å². The zero-order chi connectivity index (χ0) is 47.7. The third-order valence-corrected chi connectivity index (χ3v) is 11.8. The van der Waals surface area contributed by atoms with Crippen molar-refractivity contribution in [3.63, 3.8) is 0 Å². The summed E-state index contributed by atoms with van der Waals surface area (Å²) >= 11 is 0. The molecule has 4 aromatic carbocycles. The molecule has 2 heterocycles. The van der Waals surface area contributed by atoms with E-state index in [0.29, 0.717) is 35.3 Å². The Kier molecular flexibility index (Phi) is 15.8. The molecule has 0 saturated carbocycles. The molecule has 0 fully saturated rings. The van der Waals surface area contributed by atoms with Gasteiger partial charge in [-0.3, -0.25) is 4.78 Å². The first-order valence-electron chi connectivity index (χ1n) is 18.4. The van der Waals surface area contributed by atoms with Gasteiger partial charge < -0.3 is 24.7 Å². The molecule has 0 aliphatic carbocycles. The number of nitriles is 1. The first kappa shape index (κ1) is 49.3. The number of hydrogen-bond acceptors (Lipinski definition) is 12. The molecule has 2 aromatic heterocycles. The van der Waals surface area contributed by atoms with Crippen LogP contribution >= 0.6 is 0 Å². The molecule has 0 radical (unpaired) electrons. The minimum atomic E-state index is -4.77. The second-order valence-electron chi connectivity index (χ2n) is 13.9. The number of thiol groups is 1. The molecule has 0 aliphatic rings. The lowest BCUT2D eigenvalue weighted by Gasteiger charge is -2.23. The highest BCUT2D eigenvalue weighted by Crippen LogP contribution is 2.35. The van der Waals surface area contributed by atoms with Gasteiger partial charge in [0.2, 0.25) is 18.1 Å². The van der Waals surface area contributed by atoms with Gasteiger partial charge in [-0.1, -0.05) is 10.1 Å². The fourth-order valence-electron chi connectivity index (χ4n) is 5.90. The summed E-state index contributed by atoms with van der Waals surface area (Å²) in [6.45, 7) is 0.0334. The number of ether oxygens (including phenoxy) is 2. The normalized spacial score (nSPS) is 12.6. The number of hydrogen-bond donors (Lipinski definition) is 5. The van der Waals surface area contributed by atoms with Crippen molar-refractivity contribution in [2.45, 2.75) is 17.7 Å². The lowest BCUT2D eigenvalue weighted by Crippen LogP contribution is -2.21. The summed E-state index contributed by atoms with van der Waals surface area (Å²) in [5.74, 6) is -5.99. The predicted octanol–water partition coefficient (Wildman–Crippen LogP) is 9.98. The van der Waals surface area contributed by atoms with Crippen molar-refractivity contribution < 1.29 is 57.7 Å².